The second kappa shape index (κ2) is 12.8. The predicted octanol–water partition coefficient (Wildman–Crippen LogP) is 7.22. The zero-order chi connectivity index (χ0) is 30.6. The van der Waals surface area contributed by atoms with Crippen LogP contribution >= 0.6 is 11.6 Å². The van der Waals surface area contributed by atoms with Gasteiger partial charge in [-0.2, -0.15) is 4.31 Å². The molecule has 220 valence electrons. The summed E-state index contributed by atoms with van der Waals surface area (Å²) in [6, 6.07) is 16.1. The van der Waals surface area contributed by atoms with Gasteiger partial charge >= 0.3 is 0 Å². The summed E-state index contributed by atoms with van der Waals surface area (Å²) in [5.74, 6) is -0.369. The molecule has 0 fully saturated rings. The number of methoxy groups -OCH3 is 2. The molecule has 4 aromatic rings. The molecule has 0 atom stereocenters. The predicted molar refractivity (Wildman–Crippen MR) is 164 cm³/mol. The Morgan fingerprint density at radius 3 is 2.33 bits per heavy atom. The molecule has 42 heavy (non-hydrogen) atoms. The number of carbonyl (C=O) groups is 1. The number of hydrogen-bond donors (Lipinski definition) is 2. The number of nitrogens with zero attached hydrogens (tertiary/aromatic N) is 3. The molecule has 10 nitrogen and oxygen atoms in total. The molecule has 12 heteroatoms. The lowest BCUT2D eigenvalue weighted by Gasteiger charge is -2.18. The maximum absolute atomic E-state index is 13.4. The molecule has 0 saturated carbocycles. The van der Waals surface area contributed by atoms with E-state index in [1.54, 1.807) is 56.3 Å². The summed E-state index contributed by atoms with van der Waals surface area (Å²) < 4.78 is 38.3. The molecule has 0 aliphatic rings. The number of anilines is 1. The third-order valence-electron chi connectivity index (χ3n) is 6.72. The highest BCUT2D eigenvalue weighted by molar-refractivity contribution is 7.89. The minimum atomic E-state index is -3.78. The lowest BCUT2D eigenvalue weighted by Crippen LogP contribution is -2.30. The van der Waals surface area contributed by atoms with Gasteiger partial charge in [-0.3, -0.25) is 4.79 Å². The Morgan fingerprint density at radius 2 is 1.67 bits per heavy atom. The van der Waals surface area contributed by atoms with Crippen molar-refractivity contribution < 1.29 is 27.8 Å². The van der Waals surface area contributed by atoms with Gasteiger partial charge in [0, 0.05) is 23.5 Å². The number of hydrogen-bond acceptors (Lipinski definition) is 8. The number of sulfonamides is 1. The van der Waals surface area contributed by atoms with Crippen molar-refractivity contribution >= 4 is 55.4 Å². The van der Waals surface area contributed by atoms with Crippen LogP contribution in [-0.4, -0.2) is 51.0 Å². The highest BCUT2D eigenvalue weighted by Gasteiger charge is 2.24. The maximum atomic E-state index is 13.4. The molecule has 0 aliphatic heterocycles. The van der Waals surface area contributed by atoms with Crippen LogP contribution in [-0.2, 0) is 10.0 Å². The average Bonchev–Trinajstić information content (AvgIpc) is 2.98. The first-order valence-electron chi connectivity index (χ1n) is 13.1. The van der Waals surface area contributed by atoms with Gasteiger partial charge in [-0.15, -0.1) is 10.2 Å². The minimum Gasteiger partial charge on any atom is -0.505 e. The zero-order valence-electron chi connectivity index (χ0n) is 23.8. The normalized spacial score (nSPS) is 11.8. The lowest BCUT2D eigenvalue weighted by atomic mass is 10.0. The molecule has 0 aromatic heterocycles. The number of carbonyl (C=O) groups excluding carboxylic acids is 1. The van der Waals surface area contributed by atoms with Crippen LogP contribution in [0.15, 0.2) is 75.8 Å². The van der Waals surface area contributed by atoms with Crippen LogP contribution in [0.4, 0.5) is 17.1 Å². The number of azo groups is 1. The summed E-state index contributed by atoms with van der Waals surface area (Å²) in [5.41, 5.74) is 1.18. The Balaban J connectivity index is 1.81. The molecule has 4 rings (SSSR count). The van der Waals surface area contributed by atoms with Gasteiger partial charge in [0.25, 0.3) is 5.91 Å². The number of nitrogens with one attached hydrogen (secondary N) is 1. The molecular weight excluding hydrogens is 580 g/mol. The topological polar surface area (TPSA) is 130 Å². The number of phenols is 1. The number of benzene rings is 4. The Kier molecular flexibility index (Phi) is 9.35. The molecule has 0 radical (unpaired) electrons. The fourth-order valence-electron chi connectivity index (χ4n) is 4.43. The van der Waals surface area contributed by atoms with Gasteiger partial charge in [-0.05, 0) is 54.3 Å². The van der Waals surface area contributed by atoms with E-state index in [0.29, 0.717) is 40.3 Å². The summed E-state index contributed by atoms with van der Waals surface area (Å²) in [7, 11) is -0.880. The van der Waals surface area contributed by atoms with Gasteiger partial charge in [-0.25, -0.2) is 8.42 Å². The van der Waals surface area contributed by atoms with Gasteiger partial charge in [0.2, 0.25) is 10.0 Å². The molecule has 0 bridgehead atoms. The van der Waals surface area contributed by atoms with Crippen molar-refractivity contribution in [3.63, 3.8) is 0 Å². The number of phenolic OH excluding ortho intramolecular Hbond substituents is 1. The first-order chi connectivity index (χ1) is 20.0. The minimum absolute atomic E-state index is 0.0196. The Labute approximate surface area is 249 Å². The highest BCUT2D eigenvalue weighted by atomic mass is 35.5. The SMILES string of the molecule is CCN(CC)S(=O)(=O)c1ccc(OC)c(N=Nc2c(O)c(C(=O)Nc3cc(Cl)c(C)cc3OC)cc3ccccc23)c1. The van der Waals surface area contributed by atoms with Crippen LogP contribution in [0.5, 0.6) is 17.2 Å². The summed E-state index contributed by atoms with van der Waals surface area (Å²) in [5, 5.41) is 24.2. The molecule has 0 saturated heterocycles. The molecular formula is C30H31ClN4O6S. The molecule has 4 aromatic carbocycles. The van der Waals surface area contributed by atoms with E-state index in [2.05, 4.69) is 15.5 Å². The Hall–Kier alpha value is -4.19. The highest BCUT2D eigenvalue weighted by Crippen LogP contribution is 2.41. The summed E-state index contributed by atoms with van der Waals surface area (Å²) in [6.45, 7) is 5.93. The van der Waals surface area contributed by atoms with E-state index < -0.39 is 21.7 Å². The van der Waals surface area contributed by atoms with Crippen LogP contribution in [0.3, 0.4) is 0 Å². The van der Waals surface area contributed by atoms with Gasteiger partial charge in [0.1, 0.15) is 22.9 Å². The fourth-order valence-corrected chi connectivity index (χ4v) is 6.07. The number of halogens is 1. The summed E-state index contributed by atoms with van der Waals surface area (Å²) >= 11 is 6.27. The lowest BCUT2D eigenvalue weighted by molar-refractivity contribution is 0.102. The van der Waals surface area contributed by atoms with Crippen molar-refractivity contribution in [2.75, 3.05) is 32.6 Å². The van der Waals surface area contributed by atoms with Gasteiger partial charge < -0.3 is 19.9 Å². The van der Waals surface area contributed by atoms with E-state index in [4.69, 9.17) is 21.1 Å². The summed E-state index contributed by atoms with van der Waals surface area (Å²) in [6.07, 6.45) is 0. The molecule has 2 N–H and O–H groups in total. The molecule has 0 aliphatic carbocycles. The van der Waals surface area contributed by atoms with Crippen LogP contribution in [0.2, 0.25) is 5.02 Å². The third kappa shape index (κ3) is 6.03. The van der Waals surface area contributed by atoms with Gasteiger partial charge in [0.15, 0.2) is 5.75 Å². The third-order valence-corrected chi connectivity index (χ3v) is 9.17. The van der Waals surface area contributed by atoms with E-state index in [-0.39, 0.29) is 27.6 Å². The Morgan fingerprint density at radius 1 is 0.976 bits per heavy atom. The molecule has 0 spiro atoms. The standard InChI is InChI=1S/C30H31ClN4O6S/c1-6-35(7-2)42(38,39)20-12-13-26(40-4)25(16-20)33-34-28-21-11-9-8-10-19(21)15-22(29(28)36)30(37)32-24-17-23(31)18(3)14-27(24)41-5/h8-17,36H,6-7H2,1-5H3,(H,32,37). The number of aromatic hydroxyl groups is 1. The first kappa shape index (κ1) is 30.8. The fraction of sp³-hybridized carbons (Fsp3) is 0.233. The van der Waals surface area contributed by atoms with Gasteiger partial charge in [0.05, 0.1) is 30.4 Å². The maximum Gasteiger partial charge on any atom is 0.259 e. The van der Waals surface area contributed by atoms with Crippen molar-refractivity contribution in [1.29, 1.82) is 0 Å². The van der Waals surface area contributed by atoms with Crippen molar-refractivity contribution in [2.45, 2.75) is 25.7 Å². The summed E-state index contributed by atoms with van der Waals surface area (Å²) in [4.78, 5) is 13.4. The monoisotopic (exact) mass is 610 g/mol. The Bertz CT molecular complexity index is 1790. The number of amides is 1. The van der Waals surface area contributed by atoms with Crippen molar-refractivity contribution in [1.82, 2.24) is 4.31 Å². The van der Waals surface area contributed by atoms with Gasteiger partial charge in [-0.1, -0.05) is 49.7 Å². The average molecular weight is 611 g/mol. The second-order valence-electron chi connectivity index (χ2n) is 9.22. The van der Waals surface area contributed by atoms with Crippen LogP contribution < -0.4 is 14.8 Å². The van der Waals surface area contributed by atoms with Crippen LogP contribution in [0, 0.1) is 6.92 Å². The van der Waals surface area contributed by atoms with E-state index in [0.717, 1.165) is 5.56 Å². The molecule has 1 amide bonds. The van der Waals surface area contributed by atoms with E-state index >= 15 is 0 Å². The van der Waals surface area contributed by atoms with E-state index in [1.165, 1.54) is 36.7 Å². The number of aryl methyl sites for hydroxylation is 1. The largest absolute Gasteiger partial charge is 0.505 e. The van der Waals surface area contributed by atoms with Crippen molar-refractivity contribution in [2.24, 2.45) is 10.2 Å². The smallest absolute Gasteiger partial charge is 0.259 e. The first-order valence-corrected chi connectivity index (χ1v) is 14.9. The molecule has 0 heterocycles. The van der Waals surface area contributed by atoms with Crippen molar-refractivity contribution in [3.8, 4) is 17.2 Å². The van der Waals surface area contributed by atoms with E-state index in [9.17, 15) is 18.3 Å². The van der Waals surface area contributed by atoms with Crippen molar-refractivity contribution in [3.05, 3.63) is 76.8 Å². The molecule has 0 unspecified atom stereocenters. The number of fused-ring (bicyclic) bond motifs is 1. The van der Waals surface area contributed by atoms with E-state index in [1.807, 2.05) is 6.92 Å². The van der Waals surface area contributed by atoms with Crippen LogP contribution in [0.1, 0.15) is 29.8 Å². The number of ether oxygens (including phenoxy) is 2. The zero-order valence-corrected chi connectivity index (χ0v) is 25.4. The van der Waals surface area contributed by atoms with Crippen LogP contribution in [0.25, 0.3) is 10.8 Å². The number of rotatable bonds is 10. The second-order valence-corrected chi connectivity index (χ2v) is 11.6. The quantitative estimate of drug-likeness (QED) is 0.182.